The lowest BCUT2D eigenvalue weighted by atomic mass is 9.83. The van der Waals surface area contributed by atoms with Gasteiger partial charge in [-0.1, -0.05) is 263 Å². The topological polar surface area (TPSA) is 273 Å². The van der Waals surface area contributed by atoms with Crippen molar-refractivity contribution in [3.8, 4) is 44.5 Å². The number of carbonyl (C=O) groups is 8. The fourth-order valence-corrected chi connectivity index (χ4v) is 25.4. The van der Waals surface area contributed by atoms with E-state index in [9.17, 15) is 47.1 Å². The van der Waals surface area contributed by atoms with E-state index in [2.05, 4.69) is 92.6 Å². The third kappa shape index (κ3) is 24.2. The summed E-state index contributed by atoms with van der Waals surface area (Å²) in [5, 5.41) is 21.8. The summed E-state index contributed by atoms with van der Waals surface area (Å²) >= 11 is 6.15. The second-order valence-corrected chi connectivity index (χ2v) is 44.6. The van der Waals surface area contributed by atoms with Gasteiger partial charge in [0.05, 0.1) is 77.1 Å². The molecule has 8 heterocycles. The zero-order chi connectivity index (χ0) is 101. The Bertz CT molecular complexity index is 6610. The molecule has 6 aliphatic rings. The van der Waals surface area contributed by atoms with Crippen molar-refractivity contribution in [3.05, 3.63) is 250 Å². The summed E-state index contributed by atoms with van der Waals surface area (Å²) in [6, 6.07) is 65.1. The van der Waals surface area contributed by atoms with Gasteiger partial charge in [0.2, 0.25) is 47.3 Å². The first-order valence-electron chi connectivity index (χ1n) is 51.7. The van der Waals surface area contributed by atoms with Gasteiger partial charge in [-0.3, -0.25) is 38.4 Å². The normalized spacial score (nSPS) is 19.0. The molecule has 13 aromatic rings. The van der Waals surface area contributed by atoms with E-state index in [0.29, 0.717) is 36.4 Å². The van der Waals surface area contributed by atoms with Crippen molar-refractivity contribution < 1.29 is 47.1 Å². The predicted octanol–water partition coefficient (Wildman–Crippen LogP) is 23.6. The van der Waals surface area contributed by atoms with Crippen molar-refractivity contribution in [2.75, 3.05) is 40.3 Å². The standard InChI is InChI=1S/C30H31N3O2S.2C29H35FN4O2S.C28H35N3O2S/c1-3-20(2)28(34)31-26(22-14-8-5-9-15-22)30(35)33-19-11-17-24(33)29-32-27-23(16-10-18-25(27)36-29)21-12-6-4-7-13-21;1-18(31-2)27(35)32-24(20-12-7-4-8-13-20)29(36)34-17-9-14-23(34)28-33-25-21(19-10-5-3-6-11-19)15-16-22(30)26(25)37-28;1-18(31-2)27(35)32-25(20-12-7-4-8-13-20)29(36)34-15-9-14-23(34)28-33-26-22(19-10-5-3-6-11-19)16-21(30)17-24(26)37-28;1-6-18(2)25(32)30-24(28(3,4)5)27(33)31-17-11-15-21(31)26-29-23-20(14-10-16-22(23)34-26)19-12-8-7-9-13-19/h4-10,12-16,18,20,24,26H,3,11,17,19H2,1-2H3,(H,31,34);3,5-6,10-11,15-16,18,20,23-24,31H,4,7-9,12-14,17H2,1-2H3,(H,32,35);3,5-6,10-11,16-18,20,23,25,31H,4,7-9,12-15H2,1-2H3,(H,32,35);7-10,12-14,16,18,21,24H,6,11,15,17H2,1-5H3,(H,30,32)/t20-,24+,26+;18-,23-,24-;18-,23-,25-;18-,21+,24-/m1001/s1. The first kappa shape index (κ1) is 105. The summed E-state index contributed by atoms with van der Waals surface area (Å²) in [5.74, 6) is -1.15. The Kier molecular flexibility index (Phi) is 35.3. The maximum atomic E-state index is 14.9. The molecule has 0 spiro atoms. The molecule has 19 rings (SSSR count). The molecule has 6 N–H and O–H groups in total. The third-order valence-corrected chi connectivity index (χ3v) is 34.2. The van der Waals surface area contributed by atoms with Gasteiger partial charge >= 0.3 is 0 Å². The Morgan fingerprint density at radius 3 is 1.12 bits per heavy atom. The van der Waals surface area contributed by atoms with Crippen LogP contribution in [0.15, 0.2) is 212 Å². The molecular formula is C116H136F2N14O8S4. The zero-order valence-electron chi connectivity index (χ0n) is 84.5. The van der Waals surface area contributed by atoms with Gasteiger partial charge in [-0.15, -0.1) is 45.3 Å². The monoisotopic (exact) mass is 2020 g/mol. The zero-order valence-corrected chi connectivity index (χ0v) is 87.8. The number of nitrogens with one attached hydrogen (secondary N) is 6. The van der Waals surface area contributed by atoms with E-state index in [0.717, 1.165) is 216 Å². The number of hydrogen-bond acceptors (Lipinski definition) is 18. The minimum Gasteiger partial charge on any atom is -0.344 e. The molecule has 4 saturated heterocycles. The molecule has 22 nitrogen and oxygen atoms in total. The number of amides is 8. The van der Waals surface area contributed by atoms with Gasteiger partial charge < -0.3 is 51.5 Å². The lowest BCUT2D eigenvalue weighted by molar-refractivity contribution is -0.141. The molecule has 12 atom stereocenters. The summed E-state index contributed by atoms with van der Waals surface area (Å²) in [6.07, 6.45) is 18.9. The summed E-state index contributed by atoms with van der Waals surface area (Å²) in [4.78, 5) is 135. The quantitative estimate of drug-likeness (QED) is 0.0279. The van der Waals surface area contributed by atoms with Crippen molar-refractivity contribution >= 4 is 133 Å². The largest absolute Gasteiger partial charge is 0.344 e. The Hall–Kier alpha value is -11.9. The van der Waals surface area contributed by atoms with E-state index >= 15 is 0 Å². The van der Waals surface area contributed by atoms with Gasteiger partial charge in [-0.25, -0.2) is 28.7 Å². The Labute approximate surface area is 860 Å². The van der Waals surface area contributed by atoms with Crippen LogP contribution in [0.2, 0.25) is 0 Å². The van der Waals surface area contributed by atoms with Crippen molar-refractivity contribution in [3.63, 3.8) is 0 Å². The maximum Gasteiger partial charge on any atom is 0.250 e. The number of halogens is 2. The van der Waals surface area contributed by atoms with Crippen LogP contribution in [0.25, 0.3) is 85.4 Å². The molecule has 0 radical (unpaired) electrons. The van der Waals surface area contributed by atoms with Gasteiger partial charge in [0.15, 0.2) is 0 Å². The fourth-order valence-electron chi connectivity index (χ4n) is 20.8. The van der Waals surface area contributed by atoms with E-state index in [1.165, 1.54) is 53.7 Å². The Balaban J connectivity index is 0.000000138. The predicted molar refractivity (Wildman–Crippen MR) is 577 cm³/mol. The number of nitrogens with zero attached hydrogens (tertiary/aromatic N) is 8. The molecule has 144 heavy (non-hydrogen) atoms. The fraction of sp³-hybridized carbons (Fsp3) is 0.431. The molecule has 0 bridgehead atoms. The van der Waals surface area contributed by atoms with E-state index < -0.39 is 24.2 Å². The van der Waals surface area contributed by atoms with Crippen molar-refractivity contribution in [2.45, 2.75) is 251 Å². The van der Waals surface area contributed by atoms with Gasteiger partial charge in [-0.05, 0) is 199 Å². The third-order valence-electron chi connectivity index (χ3n) is 29.7. The minimum atomic E-state index is -0.706. The molecular weight excluding hydrogens is 1880 g/mol. The average Bonchev–Trinajstić information content (AvgIpc) is 1.65. The highest BCUT2D eigenvalue weighted by Crippen LogP contribution is 2.48. The first-order valence-corrected chi connectivity index (χ1v) is 55.0. The van der Waals surface area contributed by atoms with Gasteiger partial charge in [0.1, 0.15) is 55.8 Å². The molecule has 28 heteroatoms. The maximum absolute atomic E-state index is 14.9. The number of carbonyl (C=O) groups excluding carboxylic acids is 8. The van der Waals surface area contributed by atoms with Crippen LogP contribution in [0, 0.1) is 40.7 Å². The van der Waals surface area contributed by atoms with Crippen molar-refractivity contribution in [1.29, 1.82) is 0 Å². The van der Waals surface area contributed by atoms with Crippen molar-refractivity contribution in [2.24, 2.45) is 29.1 Å². The molecule has 2 saturated carbocycles. The molecule has 6 fully saturated rings. The van der Waals surface area contributed by atoms with E-state index in [1.807, 2.05) is 195 Å². The van der Waals surface area contributed by atoms with E-state index in [-0.39, 0.29) is 124 Å². The smallest absolute Gasteiger partial charge is 0.250 e. The lowest BCUT2D eigenvalue weighted by Gasteiger charge is -2.35. The molecule has 2 aliphatic carbocycles. The minimum absolute atomic E-state index is 0.00538. The second-order valence-electron chi connectivity index (χ2n) is 40.4. The number of benzene rings is 9. The number of hydrogen-bond donors (Lipinski definition) is 6. The van der Waals surface area contributed by atoms with Crippen molar-refractivity contribution in [1.82, 2.24) is 71.4 Å². The molecule has 9 aromatic carbocycles. The summed E-state index contributed by atoms with van der Waals surface area (Å²) in [5.41, 5.74) is 11.9. The summed E-state index contributed by atoms with van der Waals surface area (Å²) < 4.78 is 33.0. The molecule has 8 amide bonds. The van der Waals surface area contributed by atoms with Crippen LogP contribution in [0.1, 0.15) is 247 Å². The number of para-hydroxylation sites is 2. The van der Waals surface area contributed by atoms with Gasteiger partial charge in [0, 0.05) is 60.3 Å². The highest BCUT2D eigenvalue weighted by molar-refractivity contribution is 7.19. The number of thiazole rings is 4. The van der Waals surface area contributed by atoms with Crippen LogP contribution in [-0.4, -0.2) is 157 Å². The first-order chi connectivity index (χ1) is 69.7. The van der Waals surface area contributed by atoms with E-state index in [1.54, 1.807) is 56.7 Å². The SMILES string of the molecule is CC[C@@H](C)C(=O)N[C@H](C(=O)N1CCC[C@H]1c1nc2c(-c3ccccc3)cccc2s1)C(C)(C)C.CC[C@@H](C)C(=O)N[C@H](C(=O)N1CCC[C@H]1c1nc2c(-c3ccccc3)cccc2s1)c1ccccc1.CN[C@@H](C)C(=O)N[C@H](C(=O)N1CCC[C@H]1c1nc2c(-c3ccccc3)cc(F)cc2s1)C1CCCCC1.CN[C@@H](C)C(=O)N[C@H](C(=O)N1CCC[C@H]1c1nc2c(-c3ccccc3)ccc(F)c2s1)C1CCCCC1. The van der Waals surface area contributed by atoms with Crippen LogP contribution in [0.4, 0.5) is 8.78 Å². The number of rotatable bonds is 27. The van der Waals surface area contributed by atoms with Crippen LogP contribution in [0.5, 0.6) is 0 Å². The van der Waals surface area contributed by atoms with Crippen LogP contribution in [-0.2, 0) is 38.4 Å². The number of likely N-dealkylation sites (tertiary alicyclic amines) is 4. The van der Waals surface area contributed by atoms with Gasteiger partial charge in [0.25, 0.3) is 0 Å². The number of likely N-dealkylation sites (N-methyl/N-ethyl adjacent to an activating group) is 2. The lowest BCUT2D eigenvalue weighted by Crippen LogP contribution is -2.55. The van der Waals surface area contributed by atoms with Crippen LogP contribution < -0.4 is 31.9 Å². The highest BCUT2D eigenvalue weighted by Gasteiger charge is 2.46. The van der Waals surface area contributed by atoms with E-state index in [4.69, 9.17) is 19.9 Å². The Morgan fingerprint density at radius 1 is 0.361 bits per heavy atom. The second kappa shape index (κ2) is 48.4. The summed E-state index contributed by atoms with van der Waals surface area (Å²) in [6.45, 7) is 20.0. The van der Waals surface area contributed by atoms with Gasteiger partial charge in [-0.2, -0.15) is 0 Å². The number of fused-ring (bicyclic) bond motifs is 4. The van der Waals surface area contributed by atoms with Crippen LogP contribution >= 0.6 is 45.3 Å². The molecule has 4 aliphatic heterocycles. The highest BCUT2D eigenvalue weighted by atomic mass is 32.1. The molecule has 4 aromatic heterocycles. The molecule has 0 unspecified atom stereocenters. The Morgan fingerprint density at radius 2 is 0.715 bits per heavy atom. The molecule has 756 valence electrons. The average molecular weight is 2020 g/mol. The number of aromatic nitrogens is 4. The summed E-state index contributed by atoms with van der Waals surface area (Å²) in [7, 11) is 3.49. The van der Waals surface area contributed by atoms with Crippen LogP contribution in [0.3, 0.4) is 0 Å².